The van der Waals surface area contributed by atoms with Crippen molar-refractivity contribution in [2.24, 2.45) is 0 Å². The number of methoxy groups -OCH3 is 4. The monoisotopic (exact) mass is 432 g/mol. The number of aryl methyl sites for hydroxylation is 1. The molecule has 0 saturated heterocycles. The summed E-state index contributed by atoms with van der Waals surface area (Å²) in [5.74, 6) is 1.99. The molecule has 0 aliphatic heterocycles. The van der Waals surface area contributed by atoms with Crippen molar-refractivity contribution in [3.63, 3.8) is 0 Å². The molecule has 0 saturated carbocycles. The molecule has 0 amide bonds. The first-order valence-corrected chi connectivity index (χ1v) is 10.0. The Morgan fingerprint density at radius 3 is 1.91 bits per heavy atom. The van der Waals surface area contributed by atoms with Gasteiger partial charge in [0.25, 0.3) is 0 Å². The molecule has 4 rings (SSSR count). The average Bonchev–Trinajstić information content (AvgIpc) is 2.83. The van der Waals surface area contributed by atoms with Gasteiger partial charge in [0.2, 0.25) is 11.2 Å². The first-order chi connectivity index (χ1) is 15.5. The van der Waals surface area contributed by atoms with Crippen LogP contribution >= 0.6 is 0 Å². The lowest BCUT2D eigenvalue weighted by atomic mass is 9.99. The van der Waals surface area contributed by atoms with Gasteiger partial charge < -0.3 is 23.4 Å². The third kappa shape index (κ3) is 3.54. The Balaban J connectivity index is 2.14. The van der Waals surface area contributed by atoms with Crippen LogP contribution < -0.4 is 24.4 Å². The van der Waals surface area contributed by atoms with Crippen LogP contribution in [-0.2, 0) is 0 Å². The Hall–Kier alpha value is -3.93. The second-order valence-electron chi connectivity index (χ2n) is 7.25. The largest absolute Gasteiger partial charge is 0.497 e. The molecular formula is C26H24O6. The predicted octanol–water partition coefficient (Wildman–Crippen LogP) is 5.47. The van der Waals surface area contributed by atoms with Gasteiger partial charge in [-0.25, -0.2) is 0 Å². The molecule has 0 bridgehead atoms. The average molecular weight is 432 g/mol. The zero-order chi connectivity index (χ0) is 22.8. The molecule has 0 aliphatic rings. The van der Waals surface area contributed by atoms with E-state index in [1.165, 1.54) is 14.2 Å². The number of hydrogen-bond acceptors (Lipinski definition) is 6. The molecule has 6 nitrogen and oxygen atoms in total. The molecule has 32 heavy (non-hydrogen) atoms. The van der Waals surface area contributed by atoms with Crippen LogP contribution in [0.15, 0.2) is 63.8 Å². The summed E-state index contributed by atoms with van der Waals surface area (Å²) in [5, 5.41) is 0.290. The smallest absolute Gasteiger partial charge is 0.239 e. The van der Waals surface area contributed by atoms with E-state index in [-0.39, 0.29) is 16.6 Å². The van der Waals surface area contributed by atoms with Crippen molar-refractivity contribution in [3.05, 3.63) is 70.4 Å². The second-order valence-corrected chi connectivity index (χ2v) is 7.25. The maximum absolute atomic E-state index is 13.6. The van der Waals surface area contributed by atoms with Crippen molar-refractivity contribution >= 4 is 11.0 Å². The molecule has 164 valence electrons. The Morgan fingerprint density at radius 2 is 1.34 bits per heavy atom. The van der Waals surface area contributed by atoms with Gasteiger partial charge in [-0.15, -0.1) is 0 Å². The van der Waals surface area contributed by atoms with E-state index in [4.69, 9.17) is 23.4 Å². The number of benzene rings is 3. The molecule has 0 aliphatic carbocycles. The van der Waals surface area contributed by atoms with Gasteiger partial charge in [-0.2, -0.15) is 0 Å². The molecule has 0 radical (unpaired) electrons. The van der Waals surface area contributed by atoms with E-state index in [9.17, 15) is 4.79 Å². The Morgan fingerprint density at radius 1 is 0.719 bits per heavy atom. The molecule has 0 spiro atoms. The third-order valence-corrected chi connectivity index (χ3v) is 5.39. The number of fused-ring (bicyclic) bond motifs is 1. The minimum absolute atomic E-state index is 0.0981. The van der Waals surface area contributed by atoms with Crippen LogP contribution in [-0.4, -0.2) is 28.4 Å². The Labute approximate surface area is 185 Å². The predicted molar refractivity (Wildman–Crippen MR) is 124 cm³/mol. The lowest BCUT2D eigenvalue weighted by molar-refractivity contribution is 0.389. The molecule has 0 fully saturated rings. The molecule has 4 aromatic rings. The van der Waals surface area contributed by atoms with Crippen molar-refractivity contribution in [1.82, 2.24) is 0 Å². The topological polar surface area (TPSA) is 67.1 Å². The van der Waals surface area contributed by atoms with Crippen LogP contribution in [0, 0.1) is 6.92 Å². The first-order valence-electron chi connectivity index (χ1n) is 10.0. The minimum atomic E-state index is -0.326. The van der Waals surface area contributed by atoms with Crippen molar-refractivity contribution in [3.8, 4) is 45.4 Å². The highest BCUT2D eigenvalue weighted by Crippen LogP contribution is 2.44. The fraction of sp³-hybridized carbons (Fsp3) is 0.192. The van der Waals surface area contributed by atoms with Gasteiger partial charge in [-0.1, -0.05) is 29.8 Å². The highest BCUT2D eigenvalue weighted by Gasteiger charge is 2.25. The Bertz CT molecular complexity index is 1320. The summed E-state index contributed by atoms with van der Waals surface area (Å²) in [6.07, 6.45) is 0. The van der Waals surface area contributed by atoms with Crippen LogP contribution in [0.5, 0.6) is 23.0 Å². The van der Waals surface area contributed by atoms with Gasteiger partial charge in [0, 0.05) is 11.6 Å². The van der Waals surface area contributed by atoms with Crippen molar-refractivity contribution in [2.45, 2.75) is 6.92 Å². The summed E-state index contributed by atoms with van der Waals surface area (Å²) in [4.78, 5) is 13.6. The molecular weight excluding hydrogens is 408 g/mol. The molecule has 6 heteroatoms. The lowest BCUT2D eigenvalue weighted by Gasteiger charge is -2.17. The molecule has 1 aromatic heterocycles. The first kappa shape index (κ1) is 21.3. The normalized spacial score (nSPS) is 10.8. The summed E-state index contributed by atoms with van der Waals surface area (Å²) in [6.45, 7) is 2.01. The van der Waals surface area contributed by atoms with E-state index in [2.05, 4.69) is 0 Å². The van der Waals surface area contributed by atoms with Crippen LogP contribution in [0.1, 0.15) is 5.56 Å². The summed E-state index contributed by atoms with van der Waals surface area (Å²) in [5.41, 5.74) is 3.35. The van der Waals surface area contributed by atoms with Crippen molar-refractivity contribution in [2.75, 3.05) is 28.4 Å². The molecule has 3 aromatic carbocycles. The highest BCUT2D eigenvalue weighted by molar-refractivity contribution is 6.00. The van der Waals surface area contributed by atoms with Gasteiger partial charge in [-0.3, -0.25) is 4.79 Å². The Kier molecular flexibility index (Phi) is 5.77. The number of ether oxygens (including phenoxy) is 4. The molecule has 1 heterocycles. The van der Waals surface area contributed by atoms with E-state index in [1.54, 1.807) is 32.4 Å². The quantitative estimate of drug-likeness (QED) is 0.403. The van der Waals surface area contributed by atoms with Crippen molar-refractivity contribution < 1.29 is 23.4 Å². The zero-order valence-corrected chi connectivity index (χ0v) is 18.6. The maximum atomic E-state index is 13.6. The SMILES string of the molecule is COc1ccc(-c2oc3c(-c4ccc(C)cc4)c(OC)cc(OC)c3c(=O)c2OC)cc1. The molecule has 0 atom stereocenters. The van der Waals surface area contributed by atoms with Crippen LogP contribution in [0.3, 0.4) is 0 Å². The van der Waals surface area contributed by atoms with Crippen LogP contribution in [0.2, 0.25) is 0 Å². The molecule has 0 N–H and O–H groups in total. The van der Waals surface area contributed by atoms with Gasteiger partial charge in [-0.05, 0) is 36.8 Å². The van der Waals surface area contributed by atoms with E-state index in [1.807, 2.05) is 43.3 Å². The second kappa shape index (κ2) is 8.67. The maximum Gasteiger partial charge on any atom is 0.239 e. The summed E-state index contributed by atoms with van der Waals surface area (Å²) in [7, 11) is 6.12. The van der Waals surface area contributed by atoms with Gasteiger partial charge in [0.15, 0.2) is 11.3 Å². The summed E-state index contributed by atoms with van der Waals surface area (Å²) >= 11 is 0. The van der Waals surface area contributed by atoms with E-state index in [0.717, 1.165) is 11.1 Å². The molecule has 0 unspecified atom stereocenters. The van der Waals surface area contributed by atoms with E-state index >= 15 is 0 Å². The third-order valence-electron chi connectivity index (χ3n) is 5.39. The van der Waals surface area contributed by atoms with Gasteiger partial charge in [0.1, 0.15) is 22.6 Å². The highest BCUT2D eigenvalue weighted by atomic mass is 16.5. The number of hydrogen-bond donors (Lipinski definition) is 0. The summed E-state index contributed by atoms with van der Waals surface area (Å²) < 4.78 is 28.3. The van der Waals surface area contributed by atoms with E-state index < -0.39 is 0 Å². The fourth-order valence-corrected chi connectivity index (χ4v) is 3.73. The van der Waals surface area contributed by atoms with Crippen LogP contribution in [0.4, 0.5) is 0 Å². The fourth-order valence-electron chi connectivity index (χ4n) is 3.73. The lowest BCUT2D eigenvalue weighted by Crippen LogP contribution is -2.10. The van der Waals surface area contributed by atoms with E-state index in [0.29, 0.717) is 39.7 Å². The summed E-state index contributed by atoms with van der Waals surface area (Å²) in [6, 6.07) is 16.8. The minimum Gasteiger partial charge on any atom is -0.497 e. The number of rotatable bonds is 6. The van der Waals surface area contributed by atoms with Gasteiger partial charge >= 0.3 is 0 Å². The zero-order valence-electron chi connectivity index (χ0n) is 18.6. The standard InChI is InChI=1S/C26H24O6/c1-15-6-8-16(9-7-15)21-19(29-3)14-20(30-4)22-23(27)26(31-5)24(32-25(21)22)17-10-12-18(28-2)13-11-17/h6-14H,1-5H3. The van der Waals surface area contributed by atoms with Gasteiger partial charge in [0.05, 0.1) is 34.0 Å². The van der Waals surface area contributed by atoms with Crippen molar-refractivity contribution in [1.29, 1.82) is 0 Å². The van der Waals surface area contributed by atoms with Crippen LogP contribution in [0.25, 0.3) is 33.4 Å².